The molecule has 2 aromatic carbocycles. The van der Waals surface area contributed by atoms with Gasteiger partial charge in [0.1, 0.15) is 5.82 Å². The van der Waals surface area contributed by atoms with E-state index in [1.807, 2.05) is 42.5 Å². The first kappa shape index (κ1) is 17.3. The molecule has 3 aromatic rings. The monoisotopic (exact) mass is 349 g/mol. The predicted octanol–water partition coefficient (Wildman–Crippen LogP) is 3.85. The topological polar surface area (TPSA) is 72.5 Å². The molecule has 0 aliphatic heterocycles. The first-order valence-electron chi connectivity index (χ1n) is 8.08. The van der Waals surface area contributed by atoms with Gasteiger partial charge in [-0.3, -0.25) is 4.79 Å². The minimum absolute atomic E-state index is 0.121. The van der Waals surface area contributed by atoms with Gasteiger partial charge < -0.3 is 20.1 Å². The Bertz CT molecular complexity index is 852. The van der Waals surface area contributed by atoms with E-state index < -0.39 is 0 Å². The number of rotatable bonds is 7. The Morgan fingerprint density at radius 1 is 0.923 bits per heavy atom. The first-order valence-corrected chi connectivity index (χ1v) is 8.08. The van der Waals surface area contributed by atoms with Crippen LogP contribution in [-0.4, -0.2) is 24.6 Å². The molecule has 26 heavy (non-hydrogen) atoms. The van der Waals surface area contributed by atoms with Gasteiger partial charge in [0.05, 0.1) is 19.0 Å². The molecule has 0 saturated heterocycles. The maximum absolute atomic E-state index is 12.0. The third kappa shape index (κ3) is 4.73. The van der Waals surface area contributed by atoms with Gasteiger partial charge in [-0.05, 0) is 36.4 Å². The second kappa shape index (κ2) is 8.53. The third-order valence-corrected chi connectivity index (χ3v) is 3.52. The summed E-state index contributed by atoms with van der Waals surface area (Å²) >= 11 is 0. The number of carbonyl (C=O) groups excluding carboxylic acids is 1. The summed E-state index contributed by atoms with van der Waals surface area (Å²) in [6, 6.07) is 20.5. The van der Waals surface area contributed by atoms with Crippen LogP contribution in [0.3, 0.4) is 0 Å². The first-order chi connectivity index (χ1) is 12.7. The second-order valence-electron chi connectivity index (χ2n) is 5.41. The van der Waals surface area contributed by atoms with Crippen LogP contribution >= 0.6 is 0 Å². The number of methoxy groups -OCH3 is 1. The fourth-order valence-corrected chi connectivity index (χ4v) is 2.29. The summed E-state index contributed by atoms with van der Waals surface area (Å²) in [5.74, 6) is 1.52. The Morgan fingerprint density at radius 2 is 1.65 bits per heavy atom. The minimum atomic E-state index is -0.276. The SMILES string of the molecule is COc1ccccc1OCC(=O)Nc1ccc(Nc2ccccc2)nc1. The fourth-order valence-electron chi connectivity index (χ4n) is 2.29. The van der Waals surface area contributed by atoms with Gasteiger partial charge in [-0.15, -0.1) is 0 Å². The molecule has 132 valence electrons. The zero-order valence-electron chi connectivity index (χ0n) is 14.3. The van der Waals surface area contributed by atoms with Crippen LogP contribution in [0.5, 0.6) is 11.5 Å². The van der Waals surface area contributed by atoms with Crippen molar-refractivity contribution in [2.45, 2.75) is 0 Å². The highest BCUT2D eigenvalue weighted by molar-refractivity contribution is 5.91. The normalized spacial score (nSPS) is 10.0. The number of hydrogen-bond donors (Lipinski definition) is 2. The van der Waals surface area contributed by atoms with E-state index in [0.29, 0.717) is 23.0 Å². The highest BCUT2D eigenvalue weighted by Gasteiger charge is 2.07. The molecule has 0 unspecified atom stereocenters. The van der Waals surface area contributed by atoms with Gasteiger partial charge in [0.25, 0.3) is 5.91 Å². The molecule has 6 nitrogen and oxygen atoms in total. The average Bonchev–Trinajstić information content (AvgIpc) is 2.69. The van der Waals surface area contributed by atoms with Crippen LogP contribution in [0.1, 0.15) is 0 Å². The standard InChI is InChI=1S/C20H19N3O3/c1-25-17-9-5-6-10-18(17)26-14-20(24)23-16-11-12-19(21-13-16)22-15-7-3-2-4-8-15/h2-13H,14H2,1H3,(H,21,22)(H,23,24). The van der Waals surface area contributed by atoms with E-state index >= 15 is 0 Å². The number of ether oxygens (including phenoxy) is 2. The Labute approximate surface area is 151 Å². The van der Waals surface area contributed by atoms with Gasteiger partial charge >= 0.3 is 0 Å². The Balaban J connectivity index is 1.53. The molecule has 0 radical (unpaired) electrons. The van der Waals surface area contributed by atoms with Crippen molar-refractivity contribution in [1.82, 2.24) is 4.98 Å². The number of benzene rings is 2. The summed E-state index contributed by atoms with van der Waals surface area (Å²) in [5.41, 5.74) is 1.54. The molecule has 0 bridgehead atoms. The quantitative estimate of drug-likeness (QED) is 0.678. The van der Waals surface area contributed by atoms with Crippen LogP contribution in [0, 0.1) is 0 Å². The van der Waals surface area contributed by atoms with E-state index in [4.69, 9.17) is 9.47 Å². The average molecular weight is 349 g/mol. The van der Waals surface area contributed by atoms with E-state index in [9.17, 15) is 4.79 Å². The summed E-state index contributed by atoms with van der Waals surface area (Å²) in [5, 5.41) is 5.93. The number of nitrogens with zero attached hydrogens (tertiary/aromatic N) is 1. The summed E-state index contributed by atoms with van der Waals surface area (Å²) < 4.78 is 10.7. The predicted molar refractivity (Wildman–Crippen MR) is 101 cm³/mol. The van der Waals surface area contributed by atoms with Crippen molar-refractivity contribution in [2.24, 2.45) is 0 Å². The number of carbonyl (C=O) groups is 1. The highest BCUT2D eigenvalue weighted by Crippen LogP contribution is 2.25. The molecule has 1 amide bonds. The molecule has 1 aromatic heterocycles. The van der Waals surface area contributed by atoms with Crippen LogP contribution in [0.15, 0.2) is 72.9 Å². The molecule has 0 aliphatic rings. The smallest absolute Gasteiger partial charge is 0.262 e. The number of para-hydroxylation sites is 3. The van der Waals surface area contributed by atoms with Crippen LogP contribution in [0.2, 0.25) is 0 Å². The van der Waals surface area contributed by atoms with Gasteiger partial charge in [0.15, 0.2) is 18.1 Å². The minimum Gasteiger partial charge on any atom is -0.493 e. The van der Waals surface area contributed by atoms with Crippen molar-refractivity contribution >= 4 is 23.1 Å². The molecular weight excluding hydrogens is 330 g/mol. The number of nitrogens with one attached hydrogen (secondary N) is 2. The Kier molecular flexibility index (Phi) is 5.67. The van der Waals surface area contributed by atoms with Gasteiger partial charge in [-0.2, -0.15) is 0 Å². The summed E-state index contributed by atoms with van der Waals surface area (Å²) in [6.45, 7) is -0.121. The number of amides is 1. The van der Waals surface area contributed by atoms with Crippen molar-refractivity contribution < 1.29 is 14.3 Å². The van der Waals surface area contributed by atoms with E-state index in [1.54, 1.807) is 37.6 Å². The second-order valence-corrected chi connectivity index (χ2v) is 5.41. The molecular formula is C20H19N3O3. The lowest BCUT2D eigenvalue weighted by atomic mass is 10.3. The number of pyridine rings is 1. The van der Waals surface area contributed by atoms with Crippen LogP contribution in [0.25, 0.3) is 0 Å². The molecule has 2 N–H and O–H groups in total. The van der Waals surface area contributed by atoms with Crippen molar-refractivity contribution in [1.29, 1.82) is 0 Å². The maximum atomic E-state index is 12.0. The van der Waals surface area contributed by atoms with E-state index in [-0.39, 0.29) is 12.5 Å². The van der Waals surface area contributed by atoms with Gasteiger partial charge in [-0.1, -0.05) is 30.3 Å². The molecule has 0 aliphatic carbocycles. The van der Waals surface area contributed by atoms with Crippen molar-refractivity contribution in [2.75, 3.05) is 24.4 Å². The van der Waals surface area contributed by atoms with Crippen LogP contribution in [-0.2, 0) is 4.79 Å². The lowest BCUT2D eigenvalue weighted by molar-refractivity contribution is -0.118. The highest BCUT2D eigenvalue weighted by atomic mass is 16.5. The molecule has 6 heteroatoms. The maximum Gasteiger partial charge on any atom is 0.262 e. The molecule has 0 saturated carbocycles. The van der Waals surface area contributed by atoms with E-state index in [0.717, 1.165) is 5.69 Å². The zero-order valence-corrected chi connectivity index (χ0v) is 14.3. The van der Waals surface area contributed by atoms with E-state index in [1.165, 1.54) is 0 Å². The lowest BCUT2D eigenvalue weighted by Gasteiger charge is -2.11. The van der Waals surface area contributed by atoms with E-state index in [2.05, 4.69) is 15.6 Å². The van der Waals surface area contributed by atoms with Gasteiger partial charge in [0, 0.05) is 5.69 Å². The molecule has 0 spiro atoms. The summed E-state index contributed by atoms with van der Waals surface area (Å²) in [7, 11) is 1.55. The van der Waals surface area contributed by atoms with Gasteiger partial charge in [0.2, 0.25) is 0 Å². The largest absolute Gasteiger partial charge is 0.493 e. The molecule has 0 fully saturated rings. The summed E-state index contributed by atoms with van der Waals surface area (Å²) in [6.07, 6.45) is 1.59. The number of hydrogen-bond acceptors (Lipinski definition) is 5. The van der Waals surface area contributed by atoms with Crippen molar-refractivity contribution in [3.8, 4) is 11.5 Å². The lowest BCUT2D eigenvalue weighted by Crippen LogP contribution is -2.20. The van der Waals surface area contributed by atoms with Gasteiger partial charge in [-0.25, -0.2) is 4.98 Å². The van der Waals surface area contributed by atoms with Crippen LogP contribution in [0.4, 0.5) is 17.2 Å². The Hall–Kier alpha value is -3.54. The summed E-state index contributed by atoms with van der Waals surface area (Å²) in [4.78, 5) is 16.3. The Morgan fingerprint density at radius 3 is 2.35 bits per heavy atom. The zero-order chi connectivity index (χ0) is 18.2. The van der Waals surface area contributed by atoms with Crippen LogP contribution < -0.4 is 20.1 Å². The van der Waals surface area contributed by atoms with Crippen molar-refractivity contribution in [3.05, 3.63) is 72.9 Å². The number of anilines is 3. The van der Waals surface area contributed by atoms with Crippen molar-refractivity contribution in [3.63, 3.8) is 0 Å². The fraction of sp³-hybridized carbons (Fsp3) is 0.100. The molecule has 3 rings (SSSR count). The number of aromatic nitrogens is 1. The molecule has 0 atom stereocenters. The molecule has 1 heterocycles. The third-order valence-electron chi connectivity index (χ3n) is 3.52.